The first-order valence-corrected chi connectivity index (χ1v) is 6.90. The molecule has 4 heteroatoms. The Morgan fingerprint density at radius 3 is 2.53 bits per heavy atom. The third-order valence-electron chi connectivity index (χ3n) is 3.30. The van der Waals surface area contributed by atoms with Crippen LogP contribution in [-0.2, 0) is 0 Å². The molecule has 1 heterocycles. The van der Waals surface area contributed by atoms with Gasteiger partial charge in [-0.2, -0.15) is 0 Å². The molecule has 2 N–H and O–H groups in total. The number of aliphatic hydroxyl groups is 1. The predicted molar refractivity (Wildman–Crippen MR) is 74.7 cm³/mol. The van der Waals surface area contributed by atoms with Crippen molar-refractivity contribution in [1.82, 2.24) is 5.32 Å². The van der Waals surface area contributed by atoms with Crippen molar-refractivity contribution < 1.29 is 14.6 Å². The number of hydrogen-bond acceptors (Lipinski definition) is 4. The van der Waals surface area contributed by atoms with Gasteiger partial charge >= 0.3 is 0 Å². The molecule has 1 aromatic carbocycles. The molecule has 19 heavy (non-hydrogen) atoms. The third-order valence-corrected chi connectivity index (χ3v) is 3.30. The average molecular weight is 265 g/mol. The summed E-state index contributed by atoms with van der Waals surface area (Å²) in [6.45, 7) is 7.24. The summed E-state index contributed by atoms with van der Waals surface area (Å²) in [7, 11) is 0. The first-order valence-electron chi connectivity index (χ1n) is 6.90. The Balaban J connectivity index is 2.00. The van der Waals surface area contributed by atoms with E-state index in [4.69, 9.17) is 9.47 Å². The van der Waals surface area contributed by atoms with Crippen molar-refractivity contribution in [2.24, 2.45) is 0 Å². The highest BCUT2D eigenvalue weighted by molar-refractivity contribution is 5.44. The van der Waals surface area contributed by atoms with Gasteiger partial charge in [-0.25, -0.2) is 0 Å². The molecule has 1 aliphatic heterocycles. The highest BCUT2D eigenvalue weighted by Crippen LogP contribution is 2.32. The molecular weight excluding hydrogens is 242 g/mol. The number of fused-ring (bicyclic) bond motifs is 1. The maximum atomic E-state index is 9.39. The van der Waals surface area contributed by atoms with Gasteiger partial charge in [0.15, 0.2) is 11.5 Å². The van der Waals surface area contributed by atoms with Crippen molar-refractivity contribution in [3.05, 3.63) is 23.8 Å². The van der Waals surface area contributed by atoms with Crippen LogP contribution in [0.1, 0.15) is 38.8 Å². The van der Waals surface area contributed by atoms with Crippen LogP contribution in [0.5, 0.6) is 11.5 Å². The molecule has 3 unspecified atom stereocenters. The van der Waals surface area contributed by atoms with Crippen molar-refractivity contribution in [2.45, 2.75) is 45.4 Å². The SMILES string of the molecule is CC(O)CC(C)NC(C)c1ccc2c(c1)OCCO2. The summed E-state index contributed by atoms with van der Waals surface area (Å²) in [5, 5.41) is 12.9. The van der Waals surface area contributed by atoms with Gasteiger partial charge in [0, 0.05) is 12.1 Å². The van der Waals surface area contributed by atoms with Crippen molar-refractivity contribution in [1.29, 1.82) is 0 Å². The zero-order valence-corrected chi connectivity index (χ0v) is 11.8. The topological polar surface area (TPSA) is 50.7 Å². The van der Waals surface area contributed by atoms with Crippen molar-refractivity contribution in [3.8, 4) is 11.5 Å². The van der Waals surface area contributed by atoms with Crippen LogP contribution in [0, 0.1) is 0 Å². The number of rotatable bonds is 5. The van der Waals surface area contributed by atoms with Gasteiger partial charge in [-0.15, -0.1) is 0 Å². The molecule has 2 rings (SSSR count). The average Bonchev–Trinajstić information content (AvgIpc) is 2.37. The van der Waals surface area contributed by atoms with E-state index in [-0.39, 0.29) is 18.2 Å². The smallest absolute Gasteiger partial charge is 0.161 e. The summed E-state index contributed by atoms with van der Waals surface area (Å²) in [4.78, 5) is 0. The normalized spacial score (nSPS) is 18.7. The van der Waals surface area contributed by atoms with E-state index in [9.17, 15) is 5.11 Å². The van der Waals surface area contributed by atoms with E-state index in [0.717, 1.165) is 17.9 Å². The quantitative estimate of drug-likeness (QED) is 0.857. The van der Waals surface area contributed by atoms with Crippen LogP contribution in [0.15, 0.2) is 18.2 Å². The third kappa shape index (κ3) is 3.85. The molecule has 1 aromatic rings. The van der Waals surface area contributed by atoms with Gasteiger partial charge in [-0.1, -0.05) is 6.07 Å². The maximum absolute atomic E-state index is 9.39. The van der Waals surface area contributed by atoms with Crippen LogP contribution in [0.25, 0.3) is 0 Å². The minimum absolute atomic E-state index is 0.213. The Labute approximate surface area is 114 Å². The summed E-state index contributed by atoms with van der Waals surface area (Å²) >= 11 is 0. The molecule has 3 atom stereocenters. The van der Waals surface area contributed by atoms with Gasteiger partial charge in [-0.05, 0) is 44.9 Å². The first-order chi connectivity index (χ1) is 9.06. The van der Waals surface area contributed by atoms with E-state index in [1.54, 1.807) is 0 Å². The first kappa shape index (κ1) is 14.2. The Morgan fingerprint density at radius 1 is 1.16 bits per heavy atom. The van der Waals surface area contributed by atoms with Crippen LogP contribution < -0.4 is 14.8 Å². The molecule has 0 fully saturated rings. The summed E-state index contributed by atoms with van der Waals surface area (Å²) in [6, 6.07) is 6.52. The van der Waals surface area contributed by atoms with Gasteiger partial charge < -0.3 is 19.9 Å². The molecule has 0 spiro atoms. The van der Waals surface area contributed by atoms with Crippen LogP contribution in [0.4, 0.5) is 0 Å². The van der Waals surface area contributed by atoms with Gasteiger partial charge in [-0.3, -0.25) is 0 Å². The standard InChI is InChI=1S/C15H23NO3/c1-10(8-11(2)17)16-12(3)13-4-5-14-15(9-13)19-7-6-18-14/h4-5,9-12,16-17H,6-8H2,1-3H3. The molecule has 1 aliphatic rings. The molecule has 0 saturated carbocycles. The Hall–Kier alpha value is -1.26. The highest BCUT2D eigenvalue weighted by atomic mass is 16.6. The fourth-order valence-electron chi connectivity index (χ4n) is 2.43. The van der Waals surface area contributed by atoms with Gasteiger partial charge in [0.25, 0.3) is 0 Å². The number of nitrogens with one attached hydrogen (secondary N) is 1. The van der Waals surface area contributed by atoms with Gasteiger partial charge in [0.05, 0.1) is 6.10 Å². The molecular formula is C15H23NO3. The zero-order valence-electron chi connectivity index (χ0n) is 11.8. The van der Waals surface area contributed by atoms with Gasteiger partial charge in [0.1, 0.15) is 13.2 Å². The molecule has 0 aliphatic carbocycles. The zero-order chi connectivity index (χ0) is 13.8. The van der Waals surface area contributed by atoms with E-state index in [1.807, 2.05) is 19.1 Å². The molecule has 4 nitrogen and oxygen atoms in total. The lowest BCUT2D eigenvalue weighted by molar-refractivity contribution is 0.167. The van der Waals surface area contributed by atoms with Crippen LogP contribution in [0.3, 0.4) is 0 Å². The van der Waals surface area contributed by atoms with Gasteiger partial charge in [0.2, 0.25) is 0 Å². The second-order valence-electron chi connectivity index (χ2n) is 5.28. The molecule has 106 valence electrons. The molecule has 0 aromatic heterocycles. The largest absolute Gasteiger partial charge is 0.486 e. The minimum Gasteiger partial charge on any atom is -0.486 e. The summed E-state index contributed by atoms with van der Waals surface area (Å²) in [5.74, 6) is 1.64. The fourth-order valence-corrected chi connectivity index (χ4v) is 2.43. The van der Waals surface area contributed by atoms with E-state index >= 15 is 0 Å². The van der Waals surface area contributed by atoms with Crippen molar-refractivity contribution >= 4 is 0 Å². The Morgan fingerprint density at radius 2 is 1.84 bits per heavy atom. The maximum Gasteiger partial charge on any atom is 0.161 e. The second kappa shape index (κ2) is 6.26. The summed E-state index contributed by atoms with van der Waals surface area (Å²) in [5.41, 5.74) is 1.17. The van der Waals surface area contributed by atoms with Crippen molar-refractivity contribution in [3.63, 3.8) is 0 Å². The van der Waals surface area contributed by atoms with E-state index in [2.05, 4.69) is 25.2 Å². The highest BCUT2D eigenvalue weighted by Gasteiger charge is 2.16. The van der Waals surface area contributed by atoms with Crippen LogP contribution in [-0.4, -0.2) is 30.5 Å². The van der Waals surface area contributed by atoms with E-state index in [0.29, 0.717) is 13.2 Å². The molecule has 0 radical (unpaired) electrons. The monoisotopic (exact) mass is 265 g/mol. The van der Waals surface area contributed by atoms with E-state index < -0.39 is 0 Å². The van der Waals surface area contributed by atoms with Crippen LogP contribution >= 0.6 is 0 Å². The summed E-state index contributed by atoms with van der Waals surface area (Å²) < 4.78 is 11.1. The predicted octanol–water partition coefficient (Wildman–Crippen LogP) is 2.27. The molecule has 0 amide bonds. The minimum atomic E-state index is -0.282. The number of hydrogen-bond donors (Lipinski definition) is 2. The number of aliphatic hydroxyl groups excluding tert-OH is 1. The lowest BCUT2D eigenvalue weighted by Gasteiger charge is -2.24. The van der Waals surface area contributed by atoms with Crippen molar-refractivity contribution in [2.75, 3.05) is 13.2 Å². The molecule has 0 saturated heterocycles. The summed E-state index contributed by atoms with van der Waals surface area (Å²) in [6.07, 6.45) is 0.462. The number of benzene rings is 1. The molecule has 0 bridgehead atoms. The second-order valence-corrected chi connectivity index (χ2v) is 5.28. The lowest BCUT2D eigenvalue weighted by Crippen LogP contribution is -2.31. The Bertz CT molecular complexity index is 420. The number of ether oxygens (including phenoxy) is 2. The fraction of sp³-hybridized carbons (Fsp3) is 0.600. The van der Waals surface area contributed by atoms with E-state index in [1.165, 1.54) is 5.56 Å². The van der Waals surface area contributed by atoms with Crippen LogP contribution in [0.2, 0.25) is 0 Å². The lowest BCUT2D eigenvalue weighted by atomic mass is 10.0. The Kier molecular flexibility index (Phi) is 4.66.